The minimum Gasteiger partial charge on any atom is -0.495 e. The Bertz CT molecular complexity index is 1130. The van der Waals surface area contributed by atoms with Gasteiger partial charge >= 0.3 is 0 Å². The Balaban J connectivity index is 2.24. The van der Waals surface area contributed by atoms with E-state index in [0.717, 1.165) is 0 Å². The van der Waals surface area contributed by atoms with E-state index in [1.807, 2.05) is 13.8 Å². The molecule has 0 unspecified atom stereocenters. The smallest absolute Gasteiger partial charge is 0.251 e. The van der Waals surface area contributed by atoms with Gasteiger partial charge in [-0.2, -0.15) is 0 Å². The Kier molecular flexibility index (Phi) is 8.79. The normalized spacial score (nSPS) is 12.8. The predicted molar refractivity (Wildman–Crippen MR) is 129 cm³/mol. The predicted octanol–water partition coefficient (Wildman–Crippen LogP) is 3.69. The number of methoxy groups -OCH3 is 1. The summed E-state index contributed by atoms with van der Waals surface area (Å²) in [7, 11) is -2.52. The van der Waals surface area contributed by atoms with Gasteiger partial charge in [0.15, 0.2) is 0 Å². The molecule has 0 aliphatic rings. The van der Waals surface area contributed by atoms with Crippen molar-refractivity contribution in [3.05, 3.63) is 53.8 Å². The molecule has 0 bridgehead atoms. The molecule has 34 heavy (non-hydrogen) atoms. The number of ether oxygens (including phenoxy) is 1. The molecule has 10 heteroatoms. The maximum Gasteiger partial charge on any atom is 0.251 e. The lowest BCUT2D eigenvalue weighted by atomic mass is 10.0. The molecule has 0 aliphatic heterocycles. The van der Waals surface area contributed by atoms with Crippen LogP contribution >= 0.6 is 0 Å². The van der Waals surface area contributed by atoms with Gasteiger partial charge in [0.05, 0.1) is 7.11 Å². The first-order valence-corrected chi connectivity index (χ1v) is 12.3. The zero-order valence-corrected chi connectivity index (χ0v) is 21.0. The Hall–Kier alpha value is -2.98. The van der Waals surface area contributed by atoms with Crippen LogP contribution in [0.15, 0.2) is 47.4 Å². The van der Waals surface area contributed by atoms with Crippen molar-refractivity contribution in [3.8, 4) is 5.75 Å². The molecule has 0 heterocycles. The molecule has 0 saturated heterocycles. The molecule has 186 valence electrons. The number of nitrogens with one attached hydrogen (secondary N) is 3. The van der Waals surface area contributed by atoms with E-state index in [2.05, 4.69) is 15.4 Å². The summed E-state index contributed by atoms with van der Waals surface area (Å²) in [5.41, 5.74) is -0.157. The van der Waals surface area contributed by atoms with Crippen LogP contribution in [0.1, 0.15) is 51.4 Å². The number of anilines is 1. The molecule has 0 aromatic heterocycles. The van der Waals surface area contributed by atoms with Crippen LogP contribution in [0, 0.1) is 11.7 Å². The molecule has 0 radical (unpaired) electrons. The van der Waals surface area contributed by atoms with E-state index < -0.39 is 39.2 Å². The fourth-order valence-corrected chi connectivity index (χ4v) is 4.77. The second-order valence-electron chi connectivity index (χ2n) is 9.37. The third-order valence-corrected chi connectivity index (χ3v) is 6.39. The van der Waals surface area contributed by atoms with Crippen molar-refractivity contribution in [2.45, 2.75) is 57.5 Å². The van der Waals surface area contributed by atoms with Gasteiger partial charge in [-0.25, -0.2) is 17.5 Å². The number of rotatable bonds is 9. The number of carbonyl (C=O) groups excluding carboxylic acids is 2. The van der Waals surface area contributed by atoms with Crippen LogP contribution in [-0.4, -0.2) is 38.9 Å². The van der Waals surface area contributed by atoms with E-state index >= 15 is 0 Å². The van der Waals surface area contributed by atoms with Crippen molar-refractivity contribution < 1.29 is 27.1 Å². The van der Waals surface area contributed by atoms with Gasteiger partial charge in [0.1, 0.15) is 22.5 Å². The molecule has 2 aromatic rings. The maximum absolute atomic E-state index is 13.2. The van der Waals surface area contributed by atoms with Gasteiger partial charge in [0, 0.05) is 22.9 Å². The van der Waals surface area contributed by atoms with E-state index in [1.54, 1.807) is 20.8 Å². The summed E-state index contributed by atoms with van der Waals surface area (Å²) in [6.45, 7) is 8.99. The van der Waals surface area contributed by atoms with Crippen LogP contribution in [-0.2, 0) is 14.8 Å². The molecule has 0 spiro atoms. The SMILES string of the molecule is COc1cc(NC(=O)[C@H](CC(C)C)NC(=O)c2ccc(F)cc2)ccc1S(=O)(=O)NC(C)(C)C. The van der Waals surface area contributed by atoms with E-state index in [9.17, 15) is 22.4 Å². The number of amides is 2. The fourth-order valence-electron chi connectivity index (χ4n) is 3.20. The molecule has 2 rings (SSSR count). The summed E-state index contributed by atoms with van der Waals surface area (Å²) in [4.78, 5) is 25.5. The van der Waals surface area contributed by atoms with Crippen LogP contribution in [0.2, 0.25) is 0 Å². The van der Waals surface area contributed by atoms with Crippen LogP contribution in [0.4, 0.5) is 10.1 Å². The highest BCUT2D eigenvalue weighted by Crippen LogP contribution is 2.28. The van der Waals surface area contributed by atoms with Crippen molar-refractivity contribution in [2.24, 2.45) is 5.92 Å². The number of hydrogen-bond donors (Lipinski definition) is 3. The Labute approximate surface area is 200 Å². The minimum absolute atomic E-state index is 0.0605. The zero-order valence-electron chi connectivity index (χ0n) is 20.2. The van der Waals surface area contributed by atoms with Gasteiger partial charge in [0.2, 0.25) is 15.9 Å². The van der Waals surface area contributed by atoms with Crippen molar-refractivity contribution in [2.75, 3.05) is 12.4 Å². The summed E-state index contributed by atoms with van der Waals surface area (Å²) >= 11 is 0. The molecular formula is C24H32FN3O5S. The summed E-state index contributed by atoms with van der Waals surface area (Å²) in [6.07, 6.45) is 0.359. The first-order valence-electron chi connectivity index (χ1n) is 10.8. The Morgan fingerprint density at radius 3 is 2.21 bits per heavy atom. The number of halogens is 1. The van der Waals surface area contributed by atoms with Gasteiger partial charge in [-0.15, -0.1) is 0 Å². The number of hydrogen-bond acceptors (Lipinski definition) is 5. The van der Waals surface area contributed by atoms with E-state index in [4.69, 9.17) is 4.74 Å². The van der Waals surface area contributed by atoms with Gasteiger partial charge in [-0.1, -0.05) is 13.8 Å². The van der Waals surface area contributed by atoms with Crippen molar-refractivity contribution in [1.82, 2.24) is 10.0 Å². The lowest BCUT2D eigenvalue weighted by molar-refractivity contribution is -0.118. The highest BCUT2D eigenvalue weighted by molar-refractivity contribution is 7.89. The molecule has 2 aromatic carbocycles. The first kappa shape index (κ1) is 27.3. The molecule has 1 atom stereocenters. The molecule has 8 nitrogen and oxygen atoms in total. The first-order chi connectivity index (χ1) is 15.7. The van der Waals surface area contributed by atoms with Gasteiger partial charge < -0.3 is 15.4 Å². The van der Waals surface area contributed by atoms with Crippen LogP contribution < -0.4 is 20.1 Å². The minimum atomic E-state index is -3.86. The highest BCUT2D eigenvalue weighted by Gasteiger charge is 2.27. The lowest BCUT2D eigenvalue weighted by Crippen LogP contribution is -2.44. The Morgan fingerprint density at radius 1 is 1.06 bits per heavy atom. The molecule has 0 saturated carbocycles. The largest absolute Gasteiger partial charge is 0.495 e. The highest BCUT2D eigenvalue weighted by atomic mass is 32.2. The summed E-state index contributed by atoms with van der Waals surface area (Å²) in [5, 5.41) is 5.39. The van der Waals surface area contributed by atoms with Gasteiger partial charge in [-0.3, -0.25) is 9.59 Å². The monoisotopic (exact) mass is 493 g/mol. The Morgan fingerprint density at radius 2 is 1.68 bits per heavy atom. The number of carbonyl (C=O) groups is 2. The topological polar surface area (TPSA) is 114 Å². The number of sulfonamides is 1. The van der Waals surface area contributed by atoms with Crippen molar-refractivity contribution in [3.63, 3.8) is 0 Å². The third kappa shape index (κ3) is 7.81. The second-order valence-corrected chi connectivity index (χ2v) is 11.0. The zero-order chi connectivity index (χ0) is 25.7. The molecular weight excluding hydrogens is 461 g/mol. The average Bonchev–Trinajstić information content (AvgIpc) is 2.71. The standard InChI is InChI=1S/C24H32FN3O5S/c1-15(2)13-19(27-22(29)16-7-9-17(25)10-8-16)23(30)26-18-11-12-21(20(14-18)33-6)34(31,32)28-24(3,4)5/h7-12,14-15,19,28H,13H2,1-6H3,(H,26,30)(H,27,29)/t19-/m0/s1. The number of benzene rings is 2. The quantitative estimate of drug-likeness (QED) is 0.493. The summed E-state index contributed by atoms with van der Waals surface area (Å²) in [5.74, 6) is -1.30. The van der Waals surface area contributed by atoms with Crippen LogP contribution in [0.25, 0.3) is 0 Å². The third-order valence-electron chi connectivity index (χ3n) is 4.60. The summed E-state index contributed by atoms with van der Waals surface area (Å²) < 4.78 is 46.4. The molecule has 0 fully saturated rings. The van der Waals surface area contributed by atoms with Crippen LogP contribution in [0.3, 0.4) is 0 Å². The molecule has 2 amide bonds. The van der Waals surface area contributed by atoms with E-state index in [-0.39, 0.29) is 22.1 Å². The lowest BCUT2D eigenvalue weighted by Gasteiger charge is -2.22. The summed E-state index contributed by atoms with van der Waals surface area (Å²) in [6, 6.07) is 8.35. The van der Waals surface area contributed by atoms with E-state index in [0.29, 0.717) is 12.1 Å². The van der Waals surface area contributed by atoms with Crippen molar-refractivity contribution >= 4 is 27.5 Å². The van der Waals surface area contributed by atoms with Gasteiger partial charge in [0.25, 0.3) is 5.91 Å². The van der Waals surface area contributed by atoms with E-state index in [1.165, 1.54) is 49.6 Å². The average molecular weight is 494 g/mol. The molecule has 0 aliphatic carbocycles. The van der Waals surface area contributed by atoms with Crippen molar-refractivity contribution in [1.29, 1.82) is 0 Å². The fraction of sp³-hybridized carbons (Fsp3) is 0.417. The van der Waals surface area contributed by atoms with Gasteiger partial charge in [-0.05, 0) is 69.5 Å². The second kappa shape index (κ2) is 11.0. The maximum atomic E-state index is 13.2. The van der Waals surface area contributed by atoms with Crippen LogP contribution in [0.5, 0.6) is 5.75 Å². The molecule has 3 N–H and O–H groups in total.